The van der Waals surface area contributed by atoms with E-state index in [0.29, 0.717) is 12.1 Å². The van der Waals surface area contributed by atoms with Gasteiger partial charge < -0.3 is 4.90 Å². The maximum absolute atomic E-state index is 4.49. The lowest BCUT2D eigenvalue weighted by molar-refractivity contribution is 0.621. The van der Waals surface area contributed by atoms with E-state index in [1.54, 1.807) is 0 Å². The monoisotopic (exact) mass is 268 g/mol. The molecular formula is C12H17BrN2. The van der Waals surface area contributed by atoms with Gasteiger partial charge in [-0.1, -0.05) is 6.92 Å². The molecule has 1 aromatic rings. The third-order valence-corrected chi connectivity index (χ3v) is 3.70. The number of hydrogen-bond donors (Lipinski definition) is 0. The Balaban J connectivity index is 2.24. The van der Waals surface area contributed by atoms with Crippen LogP contribution in [0.1, 0.15) is 33.1 Å². The maximum Gasteiger partial charge on any atom is 0.129 e. The summed E-state index contributed by atoms with van der Waals surface area (Å²) in [5.41, 5.74) is 0. The van der Waals surface area contributed by atoms with Gasteiger partial charge in [-0.2, -0.15) is 0 Å². The van der Waals surface area contributed by atoms with Gasteiger partial charge in [-0.05, 0) is 54.2 Å². The largest absolute Gasteiger partial charge is 0.351 e. The third-order valence-electron chi connectivity index (χ3n) is 3.23. The van der Waals surface area contributed by atoms with Crippen LogP contribution in [-0.4, -0.2) is 17.1 Å². The molecule has 82 valence electrons. The highest BCUT2D eigenvalue weighted by atomic mass is 79.9. The summed E-state index contributed by atoms with van der Waals surface area (Å²) in [6, 6.07) is 5.48. The Morgan fingerprint density at radius 2 is 2.27 bits per heavy atom. The van der Waals surface area contributed by atoms with Crippen molar-refractivity contribution in [3.8, 4) is 0 Å². The van der Waals surface area contributed by atoms with Gasteiger partial charge >= 0.3 is 0 Å². The smallest absolute Gasteiger partial charge is 0.129 e. The second-order valence-corrected chi connectivity index (χ2v) is 5.15. The molecule has 2 atom stereocenters. The van der Waals surface area contributed by atoms with Crippen LogP contribution in [0.15, 0.2) is 22.8 Å². The summed E-state index contributed by atoms with van der Waals surface area (Å²) >= 11 is 3.42. The minimum Gasteiger partial charge on any atom is -0.351 e. The Hall–Kier alpha value is -0.570. The molecule has 0 N–H and O–H groups in total. The van der Waals surface area contributed by atoms with Crippen LogP contribution in [0.5, 0.6) is 0 Å². The average molecular weight is 269 g/mol. The highest BCUT2D eigenvalue weighted by molar-refractivity contribution is 9.10. The zero-order valence-corrected chi connectivity index (χ0v) is 10.9. The number of halogens is 1. The lowest BCUT2D eigenvalue weighted by Crippen LogP contribution is -2.34. The van der Waals surface area contributed by atoms with Crippen LogP contribution in [-0.2, 0) is 0 Å². The van der Waals surface area contributed by atoms with Gasteiger partial charge in [0.15, 0.2) is 0 Å². The molecule has 0 aliphatic carbocycles. The molecule has 0 aromatic carbocycles. The van der Waals surface area contributed by atoms with E-state index in [1.807, 2.05) is 6.20 Å². The van der Waals surface area contributed by atoms with Crippen molar-refractivity contribution < 1.29 is 0 Å². The molecule has 2 unspecified atom stereocenters. The molecule has 1 saturated heterocycles. The van der Waals surface area contributed by atoms with E-state index in [0.717, 1.165) is 10.3 Å². The Kier molecular flexibility index (Phi) is 3.29. The van der Waals surface area contributed by atoms with Crippen molar-refractivity contribution in [1.82, 2.24) is 4.98 Å². The summed E-state index contributed by atoms with van der Waals surface area (Å²) in [6.07, 6.45) is 5.68. The second kappa shape index (κ2) is 4.52. The van der Waals surface area contributed by atoms with Gasteiger partial charge in [-0.15, -0.1) is 0 Å². The van der Waals surface area contributed by atoms with Gasteiger partial charge in [-0.3, -0.25) is 0 Å². The highest BCUT2D eigenvalue weighted by Gasteiger charge is 2.29. The van der Waals surface area contributed by atoms with E-state index >= 15 is 0 Å². The SMILES string of the molecule is CCC1CCC(C)N1c1ccc(Br)cn1. The van der Waals surface area contributed by atoms with Crippen LogP contribution < -0.4 is 4.90 Å². The summed E-state index contributed by atoms with van der Waals surface area (Å²) < 4.78 is 1.05. The van der Waals surface area contributed by atoms with Crippen LogP contribution in [0.3, 0.4) is 0 Å². The molecule has 0 spiro atoms. The van der Waals surface area contributed by atoms with E-state index in [1.165, 1.54) is 19.3 Å². The predicted molar refractivity (Wildman–Crippen MR) is 67.2 cm³/mol. The van der Waals surface area contributed by atoms with Crippen molar-refractivity contribution in [1.29, 1.82) is 0 Å². The first kappa shape index (κ1) is 10.9. The van der Waals surface area contributed by atoms with E-state index in [9.17, 15) is 0 Å². The van der Waals surface area contributed by atoms with Gasteiger partial charge in [-0.25, -0.2) is 4.98 Å². The standard InChI is InChI=1S/C12H17BrN2/c1-3-11-6-4-9(2)15(11)12-7-5-10(13)8-14-12/h5,7-9,11H,3-4,6H2,1-2H3. The van der Waals surface area contributed by atoms with E-state index < -0.39 is 0 Å². The number of nitrogens with zero attached hydrogens (tertiary/aromatic N) is 2. The molecule has 15 heavy (non-hydrogen) atoms. The van der Waals surface area contributed by atoms with Crippen LogP contribution in [0.2, 0.25) is 0 Å². The molecule has 1 aliphatic heterocycles. The minimum atomic E-state index is 0.628. The van der Waals surface area contributed by atoms with Crippen LogP contribution >= 0.6 is 15.9 Å². The molecule has 2 nitrogen and oxygen atoms in total. The van der Waals surface area contributed by atoms with Gasteiger partial charge in [0.1, 0.15) is 5.82 Å². The van der Waals surface area contributed by atoms with Crippen molar-refractivity contribution in [2.75, 3.05) is 4.90 Å². The first-order valence-electron chi connectivity index (χ1n) is 5.62. The molecule has 3 heteroatoms. The molecule has 1 aromatic heterocycles. The molecule has 2 rings (SSSR count). The minimum absolute atomic E-state index is 0.628. The molecule has 0 amide bonds. The Bertz CT molecular complexity index is 323. The summed E-state index contributed by atoms with van der Waals surface area (Å²) in [4.78, 5) is 6.95. The molecule has 0 saturated carbocycles. The number of anilines is 1. The Morgan fingerprint density at radius 3 is 2.87 bits per heavy atom. The fraction of sp³-hybridized carbons (Fsp3) is 0.583. The normalized spacial score (nSPS) is 25.9. The van der Waals surface area contributed by atoms with E-state index in [2.05, 4.69) is 51.8 Å². The molecule has 0 radical (unpaired) electrons. The summed E-state index contributed by atoms with van der Waals surface area (Å²) in [5.74, 6) is 1.12. The van der Waals surface area contributed by atoms with Crippen molar-refractivity contribution in [3.05, 3.63) is 22.8 Å². The first-order chi connectivity index (χ1) is 7.22. The van der Waals surface area contributed by atoms with Crippen molar-refractivity contribution >= 4 is 21.7 Å². The van der Waals surface area contributed by atoms with Crippen LogP contribution in [0, 0.1) is 0 Å². The molecule has 0 bridgehead atoms. The van der Waals surface area contributed by atoms with Gasteiger partial charge in [0.2, 0.25) is 0 Å². The quantitative estimate of drug-likeness (QED) is 0.815. The van der Waals surface area contributed by atoms with Crippen LogP contribution in [0.4, 0.5) is 5.82 Å². The lowest BCUT2D eigenvalue weighted by Gasteiger charge is -2.29. The molecule has 1 fully saturated rings. The number of pyridine rings is 1. The van der Waals surface area contributed by atoms with E-state index in [4.69, 9.17) is 0 Å². The number of rotatable bonds is 2. The summed E-state index contributed by atoms with van der Waals surface area (Å²) in [6.45, 7) is 4.55. The first-order valence-corrected chi connectivity index (χ1v) is 6.41. The zero-order valence-electron chi connectivity index (χ0n) is 9.28. The molecule has 2 heterocycles. The zero-order chi connectivity index (χ0) is 10.8. The summed E-state index contributed by atoms with van der Waals surface area (Å²) in [7, 11) is 0. The summed E-state index contributed by atoms with van der Waals surface area (Å²) in [5, 5.41) is 0. The van der Waals surface area contributed by atoms with E-state index in [-0.39, 0.29) is 0 Å². The van der Waals surface area contributed by atoms with Crippen LogP contribution in [0.25, 0.3) is 0 Å². The maximum atomic E-state index is 4.49. The predicted octanol–water partition coefficient (Wildman–Crippen LogP) is 3.61. The third kappa shape index (κ3) is 2.17. The van der Waals surface area contributed by atoms with Crippen molar-refractivity contribution in [2.45, 2.75) is 45.2 Å². The van der Waals surface area contributed by atoms with Gasteiger partial charge in [0.25, 0.3) is 0 Å². The average Bonchev–Trinajstić information content (AvgIpc) is 2.61. The lowest BCUT2D eigenvalue weighted by atomic mass is 10.1. The highest BCUT2D eigenvalue weighted by Crippen LogP contribution is 2.30. The topological polar surface area (TPSA) is 16.1 Å². The fourth-order valence-electron chi connectivity index (χ4n) is 2.41. The van der Waals surface area contributed by atoms with Crippen molar-refractivity contribution in [2.24, 2.45) is 0 Å². The Labute approximate surface area is 99.8 Å². The van der Waals surface area contributed by atoms with Gasteiger partial charge in [0, 0.05) is 22.8 Å². The van der Waals surface area contributed by atoms with Gasteiger partial charge in [0.05, 0.1) is 0 Å². The second-order valence-electron chi connectivity index (χ2n) is 4.23. The number of hydrogen-bond acceptors (Lipinski definition) is 2. The Morgan fingerprint density at radius 1 is 1.47 bits per heavy atom. The fourth-order valence-corrected chi connectivity index (χ4v) is 2.64. The molecular weight excluding hydrogens is 252 g/mol. The molecule has 1 aliphatic rings. The number of aromatic nitrogens is 1. The van der Waals surface area contributed by atoms with Crippen molar-refractivity contribution in [3.63, 3.8) is 0 Å².